The van der Waals surface area contributed by atoms with Gasteiger partial charge >= 0.3 is 11.9 Å². The summed E-state index contributed by atoms with van der Waals surface area (Å²) in [7, 11) is 0. The van der Waals surface area contributed by atoms with Crippen LogP contribution in [0.2, 0.25) is 0 Å². The first-order valence-electron chi connectivity index (χ1n) is 9.96. The zero-order chi connectivity index (χ0) is 19.3. The van der Waals surface area contributed by atoms with Crippen molar-refractivity contribution in [1.82, 2.24) is 0 Å². The number of rotatable bonds is 2. The average molecular weight is 372 g/mol. The largest absolute Gasteiger partial charge is 0.508 e. The molecular weight excluding hydrogens is 344 g/mol. The van der Waals surface area contributed by atoms with Crippen molar-refractivity contribution in [2.75, 3.05) is 0 Å². The SMILES string of the molecule is CC(=O)OC1C[C@@H]2[C@H]3CCc4cc(O)ccc4[C@H]3CC[C@]2(C)C1OC(C)=O. The van der Waals surface area contributed by atoms with Gasteiger partial charge in [-0.05, 0) is 73.1 Å². The van der Waals surface area contributed by atoms with Crippen LogP contribution < -0.4 is 0 Å². The van der Waals surface area contributed by atoms with Crippen molar-refractivity contribution < 1.29 is 24.2 Å². The van der Waals surface area contributed by atoms with Gasteiger partial charge in [0.15, 0.2) is 0 Å². The molecule has 5 nitrogen and oxygen atoms in total. The summed E-state index contributed by atoms with van der Waals surface area (Å²) in [6.45, 7) is 5.05. The fraction of sp³-hybridized carbons (Fsp3) is 0.636. The van der Waals surface area contributed by atoms with E-state index in [-0.39, 0.29) is 29.6 Å². The van der Waals surface area contributed by atoms with E-state index in [1.807, 2.05) is 6.07 Å². The van der Waals surface area contributed by atoms with Crippen molar-refractivity contribution in [3.63, 3.8) is 0 Å². The van der Waals surface area contributed by atoms with E-state index in [0.717, 1.165) is 32.1 Å². The highest BCUT2D eigenvalue weighted by atomic mass is 16.6. The minimum absolute atomic E-state index is 0.165. The van der Waals surface area contributed by atoms with E-state index in [1.54, 1.807) is 6.07 Å². The van der Waals surface area contributed by atoms with Crippen LogP contribution >= 0.6 is 0 Å². The first kappa shape index (κ1) is 18.3. The number of carbonyl (C=O) groups excluding carboxylic acids is 2. The highest BCUT2D eigenvalue weighted by Gasteiger charge is 2.61. The van der Waals surface area contributed by atoms with Crippen LogP contribution in [-0.2, 0) is 25.5 Å². The number of phenols is 1. The molecule has 5 heteroatoms. The minimum Gasteiger partial charge on any atom is -0.508 e. The monoisotopic (exact) mass is 372 g/mol. The molecule has 0 bridgehead atoms. The van der Waals surface area contributed by atoms with Crippen molar-refractivity contribution in [2.24, 2.45) is 17.3 Å². The third kappa shape index (κ3) is 3.01. The summed E-state index contributed by atoms with van der Waals surface area (Å²) in [4.78, 5) is 23.4. The van der Waals surface area contributed by atoms with E-state index in [2.05, 4.69) is 13.0 Å². The zero-order valence-electron chi connectivity index (χ0n) is 16.2. The molecule has 6 atom stereocenters. The van der Waals surface area contributed by atoms with E-state index in [1.165, 1.54) is 25.0 Å². The normalized spacial score (nSPS) is 36.9. The van der Waals surface area contributed by atoms with Gasteiger partial charge in [-0.25, -0.2) is 0 Å². The van der Waals surface area contributed by atoms with Crippen LogP contribution in [-0.4, -0.2) is 29.3 Å². The first-order chi connectivity index (χ1) is 12.8. The van der Waals surface area contributed by atoms with E-state index in [0.29, 0.717) is 23.5 Å². The number of hydrogen-bond acceptors (Lipinski definition) is 5. The van der Waals surface area contributed by atoms with Crippen LogP contribution in [0.15, 0.2) is 18.2 Å². The second kappa shape index (κ2) is 6.54. The van der Waals surface area contributed by atoms with Crippen LogP contribution in [0.1, 0.15) is 63.5 Å². The molecular formula is C22H28O5. The molecule has 1 aromatic carbocycles. The van der Waals surface area contributed by atoms with Crippen molar-refractivity contribution in [1.29, 1.82) is 0 Å². The van der Waals surface area contributed by atoms with Crippen LogP contribution in [0, 0.1) is 17.3 Å². The highest BCUT2D eigenvalue weighted by molar-refractivity contribution is 5.67. The maximum Gasteiger partial charge on any atom is 0.303 e. The maximum atomic E-state index is 11.7. The summed E-state index contributed by atoms with van der Waals surface area (Å²) in [5.41, 5.74) is 2.44. The standard InChI is InChI=1S/C22H28O5/c1-12(23)26-20-11-19-18-6-4-14-10-15(25)5-7-16(14)17(18)8-9-22(19,3)21(20)27-13(2)24/h5,7,10,17-21,25H,4,6,8-9,11H2,1-3H3/t17-,18+,19-,20?,21?,22+/m1/s1. The van der Waals surface area contributed by atoms with Crippen molar-refractivity contribution in [2.45, 2.75) is 71.0 Å². The molecule has 0 amide bonds. The van der Waals surface area contributed by atoms with Gasteiger partial charge in [0.2, 0.25) is 0 Å². The molecule has 2 unspecified atom stereocenters. The van der Waals surface area contributed by atoms with Crippen LogP contribution in [0.25, 0.3) is 0 Å². The number of ether oxygens (including phenoxy) is 2. The van der Waals surface area contributed by atoms with Gasteiger partial charge in [0.1, 0.15) is 18.0 Å². The molecule has 4 rings (SSSR count). The lowest BCUT2D eigenvalue weighted by Gasteiger charge is -2.50. The second-order valence-corrected chi connectivity index (χ2v) is 8.76. The number of phenolic OH excluding ortho intramolecular Hbond substituents is 1. The van der Waals surface area contributed by atoms with Crippen molar-refractivity contribution >= 4 is 11.9 Å². The average Bonchev–Trinajstić information content (AvgIpc) is 2.85. The number of hydrogen-bond donors (Lipinski definition) is 1. The Kier molecular flexibility index (Phi) is 4.44. The summed E-state index contributed by atoms with van der Waals surface area (Å²) < 4.78 is 11.3. The molecule has 0 saturated heterocycles. The third-order valence-electron chi connectivity index (χ3n) is 7.23. The Morgan fingerprint density at radius 1 is 1.15 bits per heavy atom. The predicted octanol–water partition coefficient (Wildman–Crippen LogP) is 3.72. The smallest absolute Gasteiger partial charge is 0.303 e. The number of esters is 2. The topological polar surface area (TPSA) is 72.8 Å². The minimum atomic E-state index is -0.369. The summed E-state index contributed by atoms with van der Waals surface area (Å²) in [5.74, 6) is 0.998. The summed E-state index contributed by atoms with van der Waals surface area (Å²) in [6, 6.07) is 5.76. The van der Waals surface area contributed by atoms with Gasteiger partial charge in [-0.15, -0.1) is 0 Å². The fourth-order valence-electron chi connectivity index (χ4n) is 6.22. The number of fused-ring (bicyclic) bond motifs is 5. The van der Waals surface area contributed by atoms with Crippen molar-refractivity contribution in [3.05, 3.63) is 29.3 Å². The molecule has 0 heterocycles. The molecule has 0 spiro atoms. The molecule has 1 N–H and O–H groups in total. The van der Waals surface area contributed by atoms with E-state index in [4.69, 9.17) is 9.47 Å². The third-order valence-corrected chi connectivity index (χ3v) is 7.23. The van der Waals surface area contributed by atoms with E-state index in [9.17, 15) is 14.7 Å². The summed E-state index contributed by atoms with van der Waals surface area (Å²) >= 11 is 0. The number of benzene rings is 1. The van der Waals surface area contributed by atoms with Gasteiger partial charge in [-0.2, -0.15) is 0 Å². The Balaban J connectivity index is 1.66. The molecule has 0 radical (unpaired) electrons. The van der Waals surface area contributed by atoms with E-state index < -0.39 is 0 Å². The highest BCUT2D eigenvalue weighted by Crippen LogP contribution is 2.62. The molecule has 3 aliphatic rings. The molecule has 146 valence electrons. The molecule has 0 aromatic heterocycles. The fourth-order valence-corrected chi connectivity index (χ4v) is 6.22. The summed E-state index contributed by atoms with van der Waals surface area (Å²) in [5, 5.41) is 9.82. The zero-order valence-corrected chi connectivity index (χ0v) is 16.2. The van der Waals surface area contributed by atoms with Gasteiger partial charge in [0.05, 0.1) is 0 Å². The Morgan fingerprint density at radius 2 is 1.89 bits per heavy atom. The first-order valence-corrected chi connectivity index (χ1v) is 9.96. The van der Waals surface area contributed by atoms with Crippen LogP contribution in [0.5, 0.6) is 5.75 Å². The van der Waals surface area contributed by atoms with Gasteiger partial charge < -0.3 is 14.6 Å². The Labute approximate surface area is 160 Å². The molecule has 27 heavy (non-hydrogen) atoms. The van der Waals surface area contributed by atoms with Gasteiger partial charge in [0, 0.05) is 19.3 Å². The van der Waals surface area contributed by atoms with E-state index >= 15 is 0 Å². The lowest BCUT2D eigenvalue weighted by molar-refractivity contribution is -0.171. The summed E-state index contributed by atoms with van der Waals surface area (Å²) in [6.07, 6.45) is 4.00. The Hall–Kier alpha value is -2.04. The lowest BCUT2D eigenvalue weighted by Crippen LogP contribution is -2.46. The van der Waals surface area contributed by atoms with Gasteiger partial charge in [-0.1, -0.05) is 13.0 Å². The Bertz CT molecular complexity index is 772. The number of aromatic hydroxyl groups is 1. The van der Waals surface area contributed by atoms with Crippen LogP contribution in [0.4, 0.5) is 0 Å². The lowest BCUT2D eigenvalue weighted by atomic mass is 9.55. The molecule has 3 aliphatic carbocycles. The van der Waals surface area contributed by atoms with Crippen LogP contribution in [0.3, 0.4) is 0 Å². The Morgan fingerprint density at radius 3 is 2.59 bits per heavy atom. The molecule has 2 saturated carbocycles. The predicted molar refractivity (Wildman–Crippen MR) is 99.2 cm³/mol. The van der Waals surface area contributed by atoms with Gasteiger partial charge in [0.25, 0.3) is 0 Å². The molecule has 0 aliphatic heterocycles. The number of carbonyl (C=O) groups is 2. The molecule has 1 aromatic rings. The second-order valence-electron chi connectivity index (χ2n) is 8.76. The number of aryl methyl sites for hydroxylation is 1. The van der Waals surface area contributed by atoms with Crippen molar-refractivity contribution in [3.8, 4) is 5.75 Å². The maximum absolute atomic E-state index is 11.7. The molecule has 2 fully saturated rings. The quantitative estimate of drug-likeness (QED) is 0.801. The van der Waals surface area contributed by atoms with Gasteiger partial charge in [-0.3, -0.25) is 9.59 Å².